The summed E-state index contributed by atoms with van der Waals surface area (Å²) < 4.78 is 6.66. The molecule has 5 aromatic rings. The number of benzene rings is 1. The van der Waals surface area contributed by atoms with Crippen LogP contribution in [0.3, 0.4) is 0 Å². The number of piperazine rings is 1. The fraction of sp³-hybridized carbons (Fsp3) is 0.435. The summed E-state index contributed by atoms with van der Waals surface area (Å²) in [7, 11) is 0. The Labute approximate surface area is 344 Å². The van der Waals surface area contributed by atoms with Crippen LogP contribution < -0.4 is 15.8 Å². The molecule has 0 saturated carbocycles. The predicted molar refractivity (Wildman–Crippen MR) is 229 cm³/mol. The Hall–Kier alpha value is -5.66. The van der Waals surface area contributed by atoms with Crippen LogP contribution in [0.2, 0.25) is 0 Å². The minimum absolute atomic E-state index is 0.0180. The second-order valence-corrected chi connectivity index (χ2v) is 16.4. The van der Waals surface area contributed by atoms with E-state index < -0.39 is 0 Å². The molecule has 1 aromatic carbocycles. The first kappa shape index (κ1) is 38.8. The van der Waals surface area contributed by atoms with Gasteiger partial charge in [0.1, 0.15) is 5.69 Å². The Balaban J connectivity index is 0.729. The molecule has 3 fully saturated rings. The van der Waals surface area contributed by atoms with E-state index in [0.717, 1.165) is 109 Å². The summed E-state index contributed by atoms with van der Waals surface area (Å²) >= 11 is 0. The van der Waals surface area contributed by atoms with Gasteiger partial charge < -0.3 is 29.7 Å². The van der Waals surface area contributed by atoms with Gasteiger partial charge in [0.15, 0.2) is 5.69 Å². The number of carbonyl (C=O) groups excluding carboxylic acids is 2. The number of H-pyrrole nitrogens is 1. The molecule has 4 aliphatic heterocycles. The van der Waals surface area contributed by atoms with Crippen molar-refractivity contribution in [3.05, 3.63) is 112 Å². The summed E-state index contributed by atoms with van der Waals surface area (Å²) in [5.41, 5.74) is 9.52. The summed E-state index contributed by atoms with van der Waals surface area (Å²) in [5, 5.41) is 3.55. The Morgan fingerprint density at radius 2 is 1.63 bits per heavy atom. The van der Waals surface area contributed by atoms with Crippen LogP contribution >= 0.6 is 0 Å². The Morgan fingerprint density at radius 3 is 2.41 bits per heavy atom. The van der Waals surface area contributed by atoms with E-state index in [9.17, 15) is 14.4 Å². The fourth-order valence-electron chi connectivity index (χ4n) is 9.13. The number of likely N-dealkylation sites (tertiary alicyclic amines) is 1. The second-order valence-electron chi connectivity index (χ2n) is 16.4. The molecule has 3 saturated heterocycles. The molecule has 0 bridgehead atoms. The first-order chi connectivity index (χ1) is 28.8. The smallest absolute Gasteiger partial charge is 0.274 e. The number of anilines is 2. The molecule has 0 radical (unpaired) electrons. The quantitative estimate of drug-likeness (QED) is 0.195. The number of carbonyl (C=O) groups is 2. The Bertz CT molecular complexity index is 2390. The number of amides is 2. The minimum Gasteiger partial charge on any atom is -0.381 e. The van der Waals surface area contributed by atoms with Crippen LogP contribution in [0, 0.1) is 0 Å². The molecule has 306 valence electrons. The topological polar surface area (TPSA) is 140 Å². The van der Waals surface area contributed by atoms with Gasteiger partial charge in [0, 0.05) is 82.4 Å². The maximum absolute atomic E-state index is 13.7. The summed E-state index contributed by atoms with van der Waals surface area (Å²) in [5.74, 6) is -0.0580. The number of piperidine rings is 2. The van der Waals surface area contributed by atoms with E-state index in [-0.39, 0.29) is 35.6 Å². The van der Waals surface area contributed by atoms with Crippen LogP contribution in [0.25, 0.3) is 22.2 Å². The zero-order chi connectivity index (χ0) is 40.5. The van der Waals surface area contributed by atoms with Gasteiger partial charge in [0.25, 0.3) is 17.4 Å². The number of aryl methyl sites for hydroxylation is 2. The lowest BCUT2D eigenvalue weighted by molar-refractivity contribution is -0.0682. The number of hydrogen-bond donors (Lipinski definition) is 2. The van der Waals surface area contributed by atoms with Gasteiger partial charge >= 0.3 is 0 Å². The van der Waals surface area contributed by atoms with E-state index in [0.29, 0.717) is 44.0 Å². The van der Waals surface area contributed by atoms with Crippen LogP contribution in [-0.4, -0.2) is 117 Å². The second kappa shape index (κ2) is 16.9. The molecule has 2 unspecified atom stereocenters. The Kier molecular flexibility index (Phi) is 11.1. The molecule has 13 nitrogen and oxygen atoms in total. The van der Waals surface area contributed by atoms with Gasteiger partial charge in [-0.05, 0) is 85.5 Å². The highest BCUT2D eigenvalue weighted by Gasteiger charge is 2.38. The summed E-state index contributed by atoms with van der Waals surface area (Å²) in [6.45, 7) is 10.9. The lowest BCUT2D eigenvalue weighted by atomic mass is 9.98. The zero-order valence-corrected chi connectivity index (χ0v) is 34.0. The van der Waals surface area contributed by atoms with Crippen LogP contribution in [0.15, 0.2) is 78.0 Å². The monoisotopic (exact) mass is 795 g/mol. The fourth-order valence-corrected chi connectivity index (χ4v) is 9.13. The van der Waals surface area contributed by atoms with E-state index in [2.05, 4.69) is 72.3 Å². The summed E-state index contributed by atoms with van der Waals surface area (Å²) in [6, 6.07) is 18.3. The number of aromatic amines is 1. The van der Waals surface area contributed by atoms with Crippen molar-refractivity contribution in [1.29, 1.82) is 0 Å². The molecule has 2 atom stereocenters. The zero-order valence-electron chi connectivity index (χ0n) is 34.0. The third kappa shape index (κ3) is 8.31. The molecule has 0 aliphatic carbocycles. The highest BCUT2D eigenvalue weighted by Crippen LogP contribution is 2.32. The molecule has 4 aromatic heterocycles. The number of pyridine rings is 4. The van der Waals surface area contributed by atoms with Crippen LogP contribution in [0.4, 0.5) is 11.4 Å². The van der Waals surface area contributed by atoms with Crippen molar-refractivity contribution in [2.75, 3.05) is 62.6 Å². The molecule has 2 N–H and O–H groups in total. The first-order valence-electron chi connectivity index (χ1n) is 21.3. The normalized spacial score (nSPS) is 20.2. The molecule has 2 amide bonds. The molecule has 9 rings (SSSR count). The van der Waals surface area contributed by atoms with Gasteiger partial charge in [-0.3, -0.25) is 24.3 Å². The van der Waals surface area contributed by atoms with Crippen molar-refractivity contribution < 1.29 is 14.3 Å². The average molecular weight is 796 g/mol. The van der Waals surface area contributed by atoms with Gasteiger partial charge in [-0.25, -0.2) is 9.97 Å². The van der Waals surface area contributed by atoms with Crippen molar-refractivity contribution >= 4 is 34.2 Å². The number of ether oxygens (including phenoxy) is 1. The third-order valence-corrected chi connectivity index (χ3v) is 12.6. The van der Waals surface area contributed by atoms with Gasteiger partial charge in [-0.2, -0.15) is 0 Å². The predicted octanol–water partition coefficient (Wildman–Crippen LogP) is 5.55. The van der Waals surface area contributed by atoms with E-state index in [1.807, 2.05) is 59.6 Å². The van der Waals surface area contributed by atoms with Crippen molar-refractivity contribution in [3.8, 4) is 11.1 Å². The number of aromatic nitrogens is 4. The minimum atomic E-state index is -0.0435. The number of fused-ring (bicyclic) bond motifs is 3. The highest BCUT2D eigenvalue weighted by atomic mass is 16.5. The van der Waals surface area contributed by atoms with Gasteiger partial charge in [-0.1, -0.05) is 38.1 Å². The number of hydrogen-bond acceptors (Lipinski definition) is 10. The summed E-state index contributed by atoms with van der Waals surface area (Å²) in [6.07, 6.45) is 10.4. The maximum atomic E-state index is 13.7. The lowest BCUT2D eigenvalue weighted by Crippen LogP contribution is -2.51. The van der Waals surface area contributed by atoms with Crippen molar-refractivity contribution in [3.63, 3.8) is 0 Å². The molecule has 8 heterocycles. The maximum Gasteiger partial charge on any atom is 0.274 e. The Morgan fingerprint density at radius 1 is 0.797 bits per heavy atom. The van der Waals surface area contributed by atoms with Gasteiger partial charge in [0.05, 0.1) is 46.9 Å². The van der Waals surface area contributed by atoms with E-state index >= 15 is 0 Å². The lowest BCUT2D eigenvalue weighted by Gasteiger charge is -2.40. The molecular weight excluding hydrogens is 743 g/mol. The third-order valence-electron chi connectivity index (χ3n) is 12.6. The molecule has 4 aliphatic rings. The number of nitrogens with one attached hydrogen (secondary N) is 2. The number of rotatable bonds is 9. The average Bonchev–Trinajstić information content (AvgIpc) is 3.41. The van der Waals surface area contributed by atoms with Crippen LogP contribution in [-0.2, 0) is 24.1 Å². The largest absolute Gasteiger partial charge is 0.381 e. The SMILES string of the molecule is CCc1cccc(-c2cnc3c(c2)NCC2CC(OC4CCN(C(=O)c5ccc(N6CCN(Cc7cnc8cc(CC)c(=O)[nH]c8c7)CC6)cn5)CC4)CCN2C3=O)c1. The van der Waals surface area contributed by atoms with Crippen molar-refractivity contribution in [2.24, 2.45) is 0 Å². The van der Waals surface area contributed by atoms with Crippen LogP contribution in [0.1, 0.15) is 77.2 Å². The molecular formula is C46H53N9O4. The van der Waals surface area contributed by atoms with E-state index in [1.165, 1.54) is 5.56 Å². The van der Waals surface area contributed by atoms with E-state index in [1.54, 1.807) is 0 Å². The highest BCUT2D eigenvalue weighted by molar-refractivity contribution is 5.99. The number of nitrogens with zero attached hydrogens (tertiary/aromatic N) is 7. The summed E-state index contributed by atoms with van der Waals surface area (Å²) in [4.78, 5) is 65.0. The van der Waals surface area contributed by atoms with Crippen LogP contribution in [0.5, 0.6) is 0 Å². The standard InChI is InChI=1S/C46H53N9O4/c1-3-30-6-5-7-33(20-30)34-23-42-43(50-26-34)46(58)55-15-12-38(24-36(55)28-49-42)59-37-10-13-54(14-11-37)45(57)39-9-8-35(27-48-39)53-18-16-52(17-19-53)29-31-21-41-40(47-25-31)22-32(4-2)44(56)51-41/h5-9,20-23,25-27,36-38,49H,3-4,10-19,24,28-29H2,1-2H3,(H,51,56). The van der Waals surface area contributed by atoms with E-state index in [4.69, 9.17) is 4.74 Å². The molecule has 13 heteroatoms. The van der Waals surface area contributed by atoms with Crippen molar-refractivity contribution in [2.45, 2.75) is 77.2 Å². The van der Waals surface area contributed by atoms with Gasteiger partial charge in [-0.15, -0.1) is 0 Å². The molecule has 0 spiro atoms. The van der Waals surface area contributed by atoms with Crippen molar-refractivity contribution in [1.82, 2.24) is 34.6 Å². The first-order valence-corrected chi connectivity index (χ1v) is 21.3. The van der Waals surface area contributed by atoms with Gasteiger partial charge in [0.2, 0.25) is 0 Å². The molecule has 59 heavy (non-hydrogen) atoms.